The second kappa shape index (κ2) is 8.73. The van der Waals surface area contributed by atoms with E-state index in [2.05, 4.69) is 27.2 Å². The minimum Gasteiger partial charge on any atom is -0.495 e. The Bertz CT molecular complexity index is 1230. The van der Waals surface area contributed by atoms with Gasteiger partial charge in [-0.1, -0.05) is 17.3 Å². The van der Waals surface area contributed by atoms with Gasteiger partial charge < -0.3 is 19.0 Å². The van der Waals surface area contributed by atoms with E-state index in [-0.39, 0.29) is 11.9 Å². The van der Waals surface area contributed by atoms with Crippen LogP contribution in [0.1, 0.15) is 41.3 Å². The molecule has 1 atom stereocenters. The lowest BCUT2D eigenvalue weighted by Crippen LogP contribution is -2.44. The number of aromatic nitrogens is 2. The summed E-state index contributed by atoms with van der Waals surface area (Å²) < 4.78 is 21.7. The van der Waals surface area contributed by atoms with Crippen LogP contribution in [0.4, 0.5) is 4.39 Å². The summed E-state index contributed by atoms with van der Waals surface area (Å²) >= 11 is 0. The lowest BCUT2D eigenvalue weighted by molar-refractivity contribution is 0.0574. The van der Waals surface area contributed by atoms with Gasteiger partial charge in [-0.25, -0.2) is 9.37 Å². The molecule has 5 rings (SSSR count). The monoisotopic (exact) mass is 446 g/mol. The van der Waals surface area contributed by atoms with Gasteiger partial charge in [-0.15, -0.1) is 0 Å². The van der Waals surface area contributed by atoms with E-state index in [1.165, 1.54) is 0 Å². The van der Waals surface area contributed by atoms with Gasteiger partial charge in [0.1, 0.15) is 18.2 Å². The third-order valence-corrected chi connectivity index (χ3v) is 6.15. The van der Waals surface area contributed by atoms with E-state index in [0.717, 1.165) is 64.6 Å². The normalized spacial score (nSPS) is 19.2. The molecule has 3 heterocycles. The standard InChI is InChI=1S/C26H27FN4O2/c1-17-9-21(13-22(27)10-17)24-15-33-29-26-20(5-4-8-31(24)26)11-19-6-7-23(25(12-19)32-3)30-14-18(2)28-16-30/h6-7,9-14,16,24H,4-5,8,15H2,1-3H3/b20-11+/t24-/m1/s1. The molecule has 6 nitrogen and oxygen atoms in total. The van der Waals surface area contributed by atoms with Crippen LogP contribution in [0, 0.1) is 19.7 Å². The molecule has 0 saturated carbocycles. The largest absolute Gasteiger partial charge is 0.495 e. The van der Waals surface area contributed by atoms with Gasteiger partial charge in [0, 0.05) is 12.7 Å². The van der Waals surface area contributed by atoms with Crippen molar-refractivity contribution in [2.24, 2.45) is 5.16 Å². The van der Waals surface area contributed by atoms with Crippen LogP contribution < -0.4 is 4.74 Å². The molecular formula is C26H27FN4O2. The Kier molecular flexibility index (Phi) is 5.62. The van der Waals surface area contributed by atoms with E-state index in [1.807, 2.05) is 42.8 Å². The van der Waals surface area contributed by atoms with E-state index in [1.54, 1.807) is 25.6 Å². The number of methoxy groups -OCH3 is 1. The summed E-state index contributed by atoms with van der Waals surface area (Å²) in [7, 11) is 1.67. The van der Waals surface area contributed by atoms with E-state index < -0.39 is 0 Å². The summed E-state index contributed by atoms with van der Waals surface area (Å²) in [6.07, 6.45) is 7.79. The van der Waals surface area contributed by atoms with Crippen LogP contribution in [-0.4, -0.2) is 40.5 Å². The second-order valence-electron chi connectivity index (χ2n) is 8.61. The number of amidine groups is 1. The fraction of sp³-hybridized carbons (Fsp3) is 0.308. The number of oxime groups is 1. The molecule has 170 valence electrons. The average Bonchev–Trinajstić information content (AvgIpc) is 3.24. The molecule has 0 N–H and O–H groups in total. The number of hydrogen-bond acceptors (Lipinski definition) is 5. The molecule has 2 aromatic carbocycles. The van der Waals surface area contributed by atoms with Crippen molar-refractivity contribution in [1.82, 2.24) is 14.5 Å². The van der Waals surface area contributed by atoms with Crippen molar-refractivity contribution in [3.05, 3.63) is 82.7 Å². The highest BCUT2D eigenvalue weighted by molar-refractivity contribution is 6.03. The van der Waals surface area contributed by atoms with Crippen LogP contribution in [0.2, 0.25) is 0 Å². The van der Waals surface area contributed by atoms with Crippen molar-refractivity contribution >= 4 is 11.9 Å². The molecule has 0 spiro atoms. The molecule has 1 saturated heterocycles. The Balaban J connectivity index is 1.46. The van der Waals surface area contributed by atoms with E-state index in [4.69, 9.17) is 9.57 Å². The Morgan fingerprint density at radius 3 is 2.82 bits per heavy atom. The van der Waals surface area contributed by atoms with E-state index >= 15 is 0 Å². The molecule has 0 radical (unpaired) electrons. The smallest absolute Gasteiger partial charge is 0.172 e. The molecule has 0 bridgehead atoms. The molecule has 33 heavy (non-hydrogen) atoms. The summed E-state index contributed by atoms with van der Waals surface area (Å²) in [5.74, 6) is 1.37. The van der Waals surface area contributed by atoms with Gasteiger partial charge in [0.2, 0.25) is 0 Å². The maximum absolute atomic E-state index is 14.1. The molecule has 0 aliphatic carbocycles. The Labute approximate surface area is 192 Å². The summed E-state index contributed by atoms with van der Waals surface area (Å²) in [6, 6.07) is 11.2. The Hall–Kier alpha value is -3.61. The zero-order valence-electron chi connectivity index (χ0n) is 19.1. The SMILES string of the molecule is COc1cc(/C=C2\CCCN3C2=NOC[C@@H]3c2cc(C)cc(F)c2)ccc1-n1cnc(C)c1. The summed E-state index contributed by atoms with van der Waals surface area (Å²) in [4.78, 5) is 12.2. The predicted octanol–water partition coefficient (Wildman–Crippen LogP) is 5.20. The zero-order chi connectivity index (χ0) is 22.9. The number of benzene rings is 2. The second-order valence-corrected chi connectivity index (χ2v) is 8.61. The number of aryl methyl sites for hydroxylation is 2. The van der Waals surface area contributed by atoms with Crippen molar-refractivity contribution in [1.29, 1.82) is 0 Å². The summed E-state index contributed by atoms with van der Waals surface area (Å²) in [5.41, 5.74) is 5.84. The minimum atomic E-state index is -0.220. The highest BCUT2D eigenvalue weighted by Crippen LogP contribution is 2.34. The van der Waals surface area contributed by atoms with Gasteiger partial charge in [-0.2, -0.15) is 0 Å². The van der Waals surface area contributed by atoms with Crippen LogP contribution in [0.15, 0.2) is 59.7 Å². The highest BCUT2D eigenvalue weighted by atomic mass is 19.1. The van der Waals surface area contributed by atoms with Gasteiger partial charge in [0.05, 0.1) is 30.9 Å². The van der Waals surface area contributed by atoms with Gasteiger partial charge in [-0.05, 0) is 79.3 Å². The Morgan fingerprint density at radius 2 is 2.06 bits per heavy atom. The van der Waals surface area contributed by atoms with Crippen LogP contribution in [-0.2, 0) is 4.84 Å². The molecule has 0 unspecified atom stereocenters. The number of hydrogen-bond donors (Lipinski definition) is 0. The quantitative estimate of drug-likeness (QED) is 0.553. The summed E-state index contributed by atoms with van der Waals surface area (Å²) in [5, 5.41) is 4.40. The average molecular weight is 447 g/mol. The fourth-order valence-electron chi connectivity index (χ4n) is 4.64. The van der Waals surface area contributed by atoms with E-state index in [0.29, 0.717) is 6.61 Å². The van der Waals surface area contributed by atoms with Gasteiger partial charge in [0.15, 0.2) is 5.84 Å². The Morgan fingerprint density at radius 1 is 1.18 bits per heavy atom. The van der Waals surface area contributed by atoms with Gasteiger partial charge in [0.25, 0.3) is 0 Å². The topological polar surface area (TPSA) is 51.9 Å². The van der Waals surface area contributed by atoms with Crippen molar-refractivity contribution in [3.63, 3.8) is 0 Å². The number of imidazole rings is 1. The number of rotatable bonds is 4. The molecule has 7 heteroatoms. The van der Waals surface area contributed by atoms with Gasteiger partial charge >= 0.3 is 0 Å². The van der Waals surface area contributed by atoms with Crippen molar-refractivity contribution in [2.75, 3.05) is 20.3 Å². The van der Waals surface area contributed by atoms with Crippen LogP contribution in [0.25, 0.3) is 11.8 Å². The van der Waals surface area contributed by atoms with Crippen molar-refractivity contribution < 1.29 is 14.0 Å². The van der Waals surface area contributed by atoms with E-state index in [9.17, 15) is 4.39 Å². The maximum atomic E-state index is 14.1. The first-order chi connectivity index (χ1) is 16.0. The number of piperidine rings is 1. The zero-order valence-corrected chi connectivity index (χ0v) is 19.1. The third-order valence-electron chi connectivity index (χ3n) is 6.15. The first kappa shape index (κ1) is 21.2. The predicted molar refractivity (Wildman–Crippen MR) is 126 cm³/mol. The minimum absolute atomic E-state index is 0.0583. The molecule has 0 amide bonds. The lowest BCUT2D eigenvalue weighted by atomic mass is 9.95. The molecule has 2 aliphatic heterocycles. The van der Waals surface area contributed by atoms with Crippen molar-refractivity contribution in [3.8, 4) is 11.4 Å². The summed E-state index contributed by atoms with van der Waals surface area (Å²) in [6.45, 7) is 5.14. The fourth-order valence-corrected chi connectivity index (χ4v) is 4.64. The molecule has 2 aliphatic rings. The number of ether oxygens (including phenoxy) is 1. The molecule has 3 aromatic rings. The number of halogens is 1. The molecular weight excluding hydrogens is 419 g/mol. The van der Waals surface area contributed by atoms with Gasteiger partial charge in [-0.3, -0.25) is 0 Å². The van der Waals surface area contributed by atoms with Crippen LogP contribution >= 0.6 is 0 Å². The van der Waals surface area contributed by atoms with Crippen molar-refractivity contribution in [2.45, 2.75) is 32.7 Å². The number of fused-ring (bicyclic) bond motifs is 1. The lowest BCUT2D eigenvalue weighted by Gasteiger charge is -2.40. The van der Waals surface area contributed by atoms with Crippen LogP contribution in [0.5, 0.6) is 5.75 Å². The highest BCUT2D eigenvalue weighted by Gasteiger charge is 2.33. The molecule has 1 fully saturated rings. The first-order valence-corrected chi connectivity index (χ1v) is 11.2. The third kappa shape index (κ3) is 4.23. The molecule has 1 aromatic heterocycles. The number of nitrogens with zero attached hydrogens (tertiary/aromatic N) is 4. The maximum Gasteiger partial charge on any atom is 0.172 e. The van der Waals surface area contributed by atoms with Crippen LogP contribution in [0.3, 0.4) is 0 Å². The first-order valence-electron chi connectivity index (χ1n) is 11.2.